The first-order valence-electron chi connectivity index (χ1n) is 8.67. The number of hydrogen-bond donors (Lipinski definition) is 0. The summed E-state index contributed by atoms with van der Waals surface area (Å²) in [7, 11) is 0. The summed E-state index contributed by atoms with van der Waals surface area (Å²) in [6.07, 6.45) is 19.5. The fraction of sp³-hybridized carbons (Fsp3) is 0.833. The third-order valence-electron chi connectivity index (χ3n) is 4.07. The predicted molar refractivity (Wildman–Crippen MR) is 84.7 cm³/mol. The van der Waals surface area contributed by atoms with Crippen molar-refractivity contribution in [2.45, 2.75) is 96.5 Å². The Kier molecular flexibility index (Phi) is 10.3. The molecule has 0 aromatic heterocycles. The van der Waals surface area contributed by atoms with E-state index < -0.39 is 0 Å². The summed E-state index contributed by atoms with van der Waals surface area (Å²) in [6, 6.07) is 0. The highest BCUT2D eigenvalue weighted by atomic mass is 16.5. The Hall–Kier alpha value is -0.790. The van der Waals surface area contributed by atoms with Gasteiger partial charge in [0, 0.05) is 6.42 Å². The Balaban J connectivity index is 2.33. The highest BCUT2D eigenvalue weighted by Crippen LogP contribution is 2.14. The van der Waals surface area contributed by atoms with Crippen LogP contribution in [0.15, 0.2) is 12.2 Å². The molecule has 116 valence electrons. The van der Waals surface area contributed by atoms with Gasteiger partial charge in [0.1, 0.15) is 6.10 Å². The van der Waals surface area contributed by atoms with Gasteiger partial charge in [0.2, 0.25) is 0 Å². The number of esters is 1. The molecule has 0 saturated carbocycles. The van der Waals surface area contributed by atoms with E-state index in [-0.39, 0.29) is 12.1 Å². The fourth-order valence-corrected chi connectivity index (χ4v) is 2.70. The molecule has 0 saturated heterocycles. The van der Waals surface area contributed by atoms with Crippen LogP contribution in [0.3, 0.4) is 0 Å². The molecule has 0 radical (unpaired) electrons. The van der Waals surface area contributed by atoms with Crippen LogP contribution >= 0.6 is 0 Å². The van der Waals surface area contributed by atoms with Crippen LogP contribution < -0.4 is 0 Å². The third-order valence-corrected chi connectivity index (χ3v) is 4.07. The van der Waals surface area contributed by atoms with Crippen LogP contribution in [0.5, 0.6) is 0 Å². The van der Waals surface area contributed by atoms with Gasteiger partial charge in [-0.15, -0.1) is 0 Å². The quantitative estimate of drug-likeness (QED) is 0.464. The largest absolute Gasteiger partial charge is 0.462 e. The van der Waals surface area contributed by atoms with E-state index in [1.807, 2.05) is 0 Å². The second kappa shape index (κ2) is 12.0. The highest BCUT2D eigenvalue weighted by Gasteiger charge is 2.11. The molecule has 1 rings (SSSR count). The van der Waals surface area contributed by atoms with Crippen LogP contribution in [0.1, 0.15) is 90.4 Å². The molecule has 1 heterocycles. The van der Waals surface area contributed by atoms with Gasteiger partial charge in [-0.2, -0.15) is 0 Å². The number of cyclic esters (lactones) is 1. The molecular formula is C18H32O2. The number of carbonyl (C=O) groups is 1. The molecule has 0 amide bonds. The molecule has 1 atom stereocenters. The van der Waals surface area contributed by atoms with Crippen molar-refractivity contribution in [2.24, 2.45) is 0 Å². The first kappa shape index (κ1) is 17.3. The lowest BCUT2D eigenvalue weighted by molar-refractivity contribution is -0.149. The van der Waals surface area contributed by atoms with E-state index in [9.17, 15) is 4.79 Å². The van der Waals surface area contributed by atoms with Gasteiger partial charge in [-0.05, 0) is 51.4 Å². The summed E-state index contributed by atoms with van der Waals surface area (Å²) in [5.41, 5.74) is 0. The van der Waals surface area contributed by atoms with Crippen LogP contribution in [-0.4, -0.2) is 12.1 Å². The second-order valence-electron chi connectivity index (χ2n) is 5.94. The normalized spacial score (nSPS) is 26.4. The average molecular weight is 280 g/mol. The standard InChI is InChI=1S/C18H32O2/c1-2-17-15-13-11-9-7-5-3-4-6-8-10-12-14-16-18(19)20-17/h5,7,17H,2-4,6,8-16H2,1H3/b7-5-. The molecular weight excluding hydrogens is 248 g/mol. The van der Waals surface area contributed by atoms with Gasteiger partial charge in [0.05, 0.1) is 0 Å². The summed E-state index contributed by atoms with van der Waals surface area (Å²) in [6.45, 7) is 2.11. The summed E-state index contributed by atoms with van der Waals surface area (Å²) in [4.78, 5) is 11.8. The molecule has 0 spiro atoms. The van der Waals surface area contributed by atoms with Crippen molar-refractivity contribution in [1.82, 2.24) is 0 Å². The Morgan fingerprint density at radius 3 is 2.25 bits per heavy atom. The lowest BCUT2D eigenvalue weighted by atomic mass is 10.1. The second-order valence-corrected chi connectivity index (χ2v) is 5.94. The molecule has 2 heteroatoms. The van der Waals surface area contributed by atoms with Crippen molar-refractivity contribution in [2.75, 3.05) is 0 Å². The fourth-order valence-electron chi connectivity index (χ4n) is 2.70. The van der Waals surface area contributed by atoms with Gasteiger partial charge in [-0.3, -0.25) is 4.79 Å². The number of rotatable bonds is 1. The molecule has 0 aromatic carbocycles. The van der Waals surface area contributed by atoms with Crippen LogP contribution in [0.2, 0.25) is 0 Å². The van der Waals surface area contributed by atoms with Gasteiger partial charge in [-0.1, -0.05) is 44.8 Å². The van der Waals surface area contributed by atoms with E-state index in [1.165, 1.54) is 51.4 Å². The van der Waals surface area contributed by atoms with E-state index >= 15 is 0 Å². The maximum Gasteiger partial charge on any atom is 0.306 e. The van der Waals surface area contributed by atoms with Gasteiger partial charge >= 0.3 is 5.97 Å². The minimum Gasteiger partial charge on any atom is -0.462 e. The molecule has 1 aliphatic rings. The number of ether oxygens (including phenoxy) is 1. The maximum atomic E-state index is 11.8. The van der Waals surface area contributed by atoms with Crippen molar-refractivity contribution < 1.29 is 9.53 Å². The molecule has 0 N–H and O–H groups in total. The Morgan fingerprint density at radius 1 is 0.950 bits per heavy atom. The first-order valence-corrected chi connectivity index (χ1v) is 8.67. The van der Waals surface area contributed by atoms with E-state index in [0.29, 0.717) is 6.42 Å². The molecule has 20 heavy (non-hydrogen) atoms. The minimum absolute atomic E-state index is 0.0149. The van der Waals surface area contributed by atoms with E-state index in [2.05, 4.69) is 19.1 Å². The molecule has 1 unspecified atom stereocenters. The van der Waals surface area contributed by atoms with Gasteiger partial charge in [0.25, 0.3) is 0 Å². The number of carbonyl (C=O) groups excluding carboxylic acids is 1. The van der Waals surface area contributed by atoms with Gasteiger partial charge in [0.15, 0.2) is 0 Å². The average Bonchev–Trinajstić information content (AvgIpc) is 2.45. The van der Waals surface area contributed by atoms with Crippen LogP contribution in [0.4, 0.5) is 0 Å². The van der Waals surface area contributed by atoms with E-state index in [0.717, 1.165) is 25.7 Å². The van der Waals surface area contributed by atoms with Crippen molar-refractivity contribution in [1.29, 1.82) is 0 Å². The molecule has 1 aliphatic heterocycles. The zero-order chi connectivity index (χ0) is 14.5. The van der Waals surface area contributed by atoms with E-state index in [4.69, 9.17) is 4.74 Å². The van der Waals surface area contributed by atoms with Crippen molar-refractivity contribution >= 4 is 5.97 Å². The van der Waals surface area contributed by atoms with Gasteiger partial charge in [-0.25, -0.2) is 0 Å². The molecule has 0 aliphatic carbocycles. The molecule has 0 aromatic rings. The summed E-state index contributed by atoms with van der Waals surface area (Å²) < 4.78 is 5.57. The first-order chi connectivity index (χ1) is 9.83. The summed E-state index contributed by atoms with van der Waals surface area (Å²) in [5.74, 6) is 0.0149. The topological polar surface area (TPSA) is 26.3 Å². The molecule has 0 fully saturated rings. The monoisotopic (exact) mass is 280 g/mol. The highest BCUT2D eigenvalue weighted by molar-refractivity contribution is 5.69. The number of hydrogen-bond acceptors (Lipinski definition) is 2. The smallest absolute Gasteiger partial charge is 0.306 e. The zero-order valence-corrected chi connectivity index (χ0v) is 13.2. The molecule has 2 nitrogen and oxygen atoms in total. The summed E-state index contributed by atoms with van der Waals surface area (Å²) >= 11 is 0. The van der Waals surface area contributed by atoms with Gasteiger partial charge < -0.3 is 4.74 Å². The van der Waals surface area contributed by atoms with Crippen molar-refractivity contribution in [3.05, 3.63) is 12.2 Å². The van der Waals surface area contributed by atoms with Crippen molar-refractivity contribution in [3.8, 4) is 0 Å². The van der Waals surface area contributed by atoms with Crippen molar-refractivity contribution in [3.63, 3.8) is 0 Å². The Morgan fingerprint density at radius 2 is 1.55 bits per heavy atom. The Bertz CT molecular complexity index is 271. The van der Waals surface area contributed by atoms with Crippen LogP contribution in [0, 0.1) is 0 Å². The predicted octanol–water partition coefficient (Wildman–Crippen LogP) is 5.56. The number of allylic oxidation sites excluding steroid dienone is 2. The maximum absolute atomic E-state index is 11.8. The molecule has 0 bridgehead atoms. The minimum atomic E-state index is 0.0149. The third kappa shape index (κ3) is 9.17. The van der Waals surface area contributed by atoms with E-state index in [1.54, 1.807) is 0 Å². The Labute approximate surface area is 125 Å². The van der Waals surface area contributed by atoms with Crippen LogP contribution in [-0.2, 0) is 9.53 Å². The lowest BCUT2D eigenvalue weighted by Crippen LogP contribution is -2.17. The zero-order valence-electron chi connectivity index (χ0n) is 13.2. The SMILES string of the molecule is CCC1CCCC/C=C\CCCCCCCCC(=O)O1. The summed E-state index contributed by atoms with van der Waals surface area (Å²) in [5, 5.41) is 0. The lowest BCUT2D eigenvalue weighted by Gasteiger charge is -2.16. The van der Waals surface area contributed by atoms with Crippen LogP contribution in [0.25, 0.3) is 0 Å².